The van der Waals surface area contributed by atoms with E-state index in [0.29, 0.717) is 11.7 Å². The first-order valence-electron chi connectivity index (χ1n) is 7.18. The molecule has 0 fully saturated rings. The summed E-state index contributed by atoms with van der Waals surface area (Å²) >= 11 is 1.33. The molecule has 0 unspecified atom stereocenters. The van der Waals surface area contributed by atoms with Crippen LogP contribution in [0.1, 0.15) is 5.56 Å². The van der Waals surface area contributed by atoms with Crippen LogP contribution in [0.2, 0.25) is 0 Å². The van der Waals surface area contributed by atoms with Crippen LogP contribution in [0, 0.1) is 10.1 Å². The molecule has 24 heavy (non-hydrogen) atoms. The van der Waals surface area contributed by atoms with Crippen molar-refractivity contribution in [1.29, 1.82) is 0 Å². The Kier molecular flexibility index (Phi) is 4.92. The number of nitrogens with one attached hydrogen (secondary N) is 2. The van der Waals surface area contributed by atoms with E-state index in [1.54, 1.807) is 11.6 Å². The normalized spacial score (nSPS) is 10.3. The van der Waals surface area contributed by atoms with Crippen molar-refractivity contribution in [3.8, 4) is 0 Å². The van der Waals surface area contributed by atoms with Crippen LogP contribution in [0.15, 0.2) is 48.2 Å². The SMILES string of the molecule is O=[N+]([O-])c1c(NCCc2ccccc2)ncnc1Nc1nccs1. The van der Waals surface area contributed by atoms with Gasteiger partial charge in [-0.1, -0.05) is 30.3 Å². The zero-order chi connectivity index (χ0) is 16.8. The van der Waals surface area contributed by atoms with Crippen LogP contribution >= 0.6 is 11.3 Å². The highest BCUT2D eigenvalue weighted by Gasteiger charge is 2.23. The van der Waals surface area contributed by atoms with Crippen LogP contribution in [-0.4, -0.2) is 26.4 Å². The Morgan fingerprint density at radius 2 is 1.92 bits per heavy atom. The number of anilines is 3. The minimum absolute atomic E-state index is 0.118. The molecule has 2 aromatic heterocycles. The summed E-state index contributed by atoms with van der Waals surface area (Å²) in [5.41, 5.74) is 0.948. The van der Waals surface area contributed by atoms with Crippen molar-refractivity contribution < 1.29 is 4.92 Å². The van der Waals surface area contributed by atoms with Crippen LogP contribution < -0.4 is 10.6 Å². The number of thiazole rings is 1. The highest BCUT2D eigenvalue weighted by molar-refractivity contribution is 7.13. The Morgan fingerprint density at radius 1 is 1.12 bits per heavy atom. The lowest BCUT2D eigenvalue weighted by molar-refractivity contribution is -0.383. The van der Waals surface area contributed by atoms with E-state index >= 15 is 0 Å². The molecule has 3 aromatic rings. The van der Waals surface area contributed by atoms with Gasteiger partial charge in [0.15, 0.2) is 5.13 Å². The molecule has 2 N–H and O–H groups in total. The standard InChI is InChI=1S/C15H14N6O2S/c22-21(23)12-13(16-7-6-11-4-2-1-3-5-11)18-10-19-14(12)20-15-17-8-9-24-15/h1-5,8-10H,6-7H2,(H2,16,17,18,19,20). The fourth-order valence-electron chi connectivity index (χ4n) is 2.13. The monoisotopic (exact) mass is 342 g/mol. The molecule has 0 radical (unpaired) electrons. The fraction of sp³-hybridized carbons (Fsp3) is 0.133. The number of hydrogen-bond donors (Lipinski definition) is 2. The van der Waals surface area contributed by atoms with Gasteiger partial charge in [-0.2, -0.15) is 0 Å². The van der Waals surface area contributed by atoms with Gasteiger partial charge in [0.25, 0.3) is 0 Å². The maximum atomic E-state index is 11.4. The molecule has 1 aromatic carbocycles. The first kappa shape index (κ1) is 15.8. The van der Waals surface area contributed by atoms with Crippen LogP contribution in [0.4, 0.5) is 22.5 Å². The van der Waals surface area contributed by atoms with E-state index in [1.807, 2.05) is 30.3 Å². The van der Waals surface area contributed by atoms with E-state index in [-0.39, 0.29) is 17.3 Å². The predicted molar refractivity (Wildman–Crippen MR) is 92.7 cm³/mol. The first-order chi connectivity index (χ1) is 11.7. The lowest BCUT2D eigenvalue weighted by atomic mass is 10.1. The Balaban J connectivity index is 1.75. The van der Waals surface area contributed by atoms with Crippen molar-refractivity contribution >= 4 is 33.8 Å². The summed E-state index contributed by atoms with van der Waals surface area (Å²) in [7, 11) is 0. The maximum absolute atomic E-state index is 11.4. The Morgan fingerprint density at radius 3 is 2.62 bits per heavy atom. The third-order valence-electron chi connectivity index (χ3n) is 3.21. The van der Waals surface area contributed by atoms with E-state index in [0.717, 1.165) is 12.0 Å². The van der Waals surface area contributed by atoms with Crippen LogP contribution in [-0.2, 0) is 6.42 Å². The highest BCUT2D eigenvalue weighted by Crippen LogP contribution is 2.31. The van der Waals surface area contributed by atoms with Gasteiger partial charge in [-0.05, 0) is 12.0 Å². The largest absolute Gasteiger partial charge is 0.364 e. The van der Waals surface area contributed by atoms with Gasteiger partial charge in [-0.25, -0.2) is 15.0 Å². The summed E-state index contributed by atoms with van der Waals surface area (Å²) in [6, 6.07) is 9.87. The molecule has 0 bridgehead atoms. The molecular formula is C15H14N6O2S. The molecular weight excluding hydrogens is 328 g/mol. The average Bonchev–Trinajstić information content (AvgIpc) is 3.09. The number of benzene rings is 1. The third-order valence-corrected chi connectivity index (χ3v) is 3.90. The Hall–Kier alpha value is -3.07. The molecule has 3 rings (SSSR count). The molecule has 0 aliphatic carbocycles. The van der Waals surface area contributed by atoms with Gasteiger partial charge in [-0.3, -0.25) is 10.1 Å². The second-order valence-corrected chi connectivity index (χ2v) is 5.70. The van der Waals surface area contributed by atoms with Gasteiger partial charge in [0.05, 0.1) is 4.92 Å². The summed E-state index contributed by atoms with van der Waals surface area (Å²) in [5.74, 6) is 0.303. The maximum Gasteiger partial charge on any atom is 0.353 e. The topological polar surface area (TPSA) is 106 Å². The molecule has 122 valence electrons. The summed E-state index contributed by atoms with van der Waals surface area (Å²) < 4.78 is 0. The molecule has 2 heterocycles. The molecule has 8 nitrogen and oxygen atoms in total. The van der Waals surface area contributed by atoms with Crippen molar-refractivity contribution in [2.24, 2.45) is 0 Å². The summed E-state index contributed by atoms with van der Waals surface area (Å²) in [4.78, 5) is 22.9. The van der Waals surface area contributed by atoms with E-state index in [4.69, 9.17) is 0 Å². The van der Waals surface area contributed by atoms with E-state index < -0.39 is 4.92 Å². The Labute approximate surface area is 141 Å². The van der Waals surface area contributed by atoms with Crippen molar-refractivity contribution in [1.82, 2.24) is 15.0 Å². The zero-order valence-electron chi connectivity index (χ0n) is 12.5. The average molecular weight is 342 g/mol. The van der Waals surface area contributed by atoms with Gasteiger partial charge < -0.3 is 10.6 Å². The molecule has 0 amide bonds. The van der Waals surface area contributed by atoms with Gasteiger partial charge in [0, 0.05) is 18.1 Å². The van der Waals surface area contributed by atoms with Crippen molar-refractivity contribution in [3.05, 3.63) is 63.9 Å². The molecule has 0 atom stereocenters. The smallest absolute Gasteiger partial charge is 0.353 e. The molecule has 0 saturated carbocycles. The molecule has 9 heteroatoms. The Bertz CT molecular complexity index is 810. The van der Waals surface area contributed by atoms with Crippen LogP contribution in [0.25, 0.3) is 0 Å². The molecule has 0 aliphatic heterocycles. The molecule has 0 saturated heterocycles. The van der Waals surface area contributed by atoms with Crippen LogP contribution in [0.5, 0.6) is 0 Å². The fourth-order valence-corrected chi connectivity index (χ4v) is 2.66. The van der Waals surface area contributed by atoms with Crippen molar-refractivity contribution in [2.75, 3.05) is 17.2 Å². The molecule has 0 aliphatic rings. The number of aromatic nitrogens is 3. The quantitative estimate of drug-likeness (QED) is 0.501. The van der Waals surface area contributed by atoms with Crippen molar-refractivity contribution in [3.63, 3.8) is 0 Å². The number of rotatable bonds is 7. The third kappa shape index (κ3) is 3.82. The zero-order valence-corrected chi connectivity index (χ0v) is 13.4. The van der Waals surface area contributed by atoms with E-state index in [1.165, 1.54) is 17.7 Å². The second kappa shape index (κ2) is 7.47. The van der Waals surface area contributed by atoms with Gasteiger partial charge in [0.1, 0.15) is 6.33 Å². The predicted octanol–water partition coefficient (Wildman–Crippen LogP) is 3.24. The number of nitrogens with zero attached hydrogens (tertiary/aromatic N) is 4. The first-order valence-corrected chi connectivity index (χ1v) is 8.05. The minimum Gasteiger partial charge on any atom is -0.364 e. The number of hydrogen-bond acceptors (Lipinski definition) is 8. The van der Waals surface area contributed by atoms with E-state index in [2.05, 4.69) is 25.6 Å². The van der Waals surface area contributed by atoms with Gasteiger partial charge >= 0.3 is 5.69 Å². The van der Waals surface area contributed by atoms with Crippen LogP contribution in [0.3, 0.4) is 0 Å². The molecule has 0 spiro atoms. The summed E-state index contributed by atoms with van der Waals surface area (Å²) in [6.07, 6.45) is 3.63. The summed E-state index contributed by atoms with van der Waals surface area (Å²) in [5, 5.41) is 19.6. The lowest BCUT2D eigenvalue weighted by Gasteiger charge is -2.09. The van der Waals surface area contributed by atoms with Crippen molar-refractivity contribution in [2.45, 2.75) is 6.42 Å². The summed E-state index contributed by atoms with van der Waals surface area (Å²) in [6.45, 7) is 0.526. The second-order valence-electron chi connectivity index (χ2n) is 4.80. The minimum atomic E-state index is -0.499. The van der Waals surface area contributed by atoms with E-state index in [9.17, 15) is 10.1 Å². The van der Waals surface area contributed by atoms with Gasteiger partial charge in [-0.15, -0.1) is 11.3 Å². The highest BCUT2D eigenvalue weighted by atomic mass is 32.1. The number of nitro groups is 1. The van der Waals surface area contributed by atoms with Gasteiger partial charge in [0.2, 0.25) is 11.6 Å². The lowest BCUT2D eigenvalue weighted by Crippen LogP contribution is -2.10.